The second-order valence-corrected chi connectivity index (χ2v) is 33.9. The topological polar surface area (TPSA) is 26.3 Å². The van der Waals surface area contributed by atoms with Gasteiger partial charge in [-0.1, -0.05) is 80.1 Å². The van der Waals surface area contributed by atoms with E-state index in [9.17, 15) is 0 Å². The summed E-state index contributed by atoms with van der Waals surface area (Å²) < 4.78 is 13.4. The van der Waals surface area contributed by atoms with Crippen molar-refractivity contribution in [3.63, 3.8) is 0 Å². The standard InChI is InChI=1S/C30H52O2Si3.2CH3.2ClH.Zr/c1-19-17-23(25-13-15-27(31-25)33(5,6)7)29(21(19)3)35(11,12)30-22(4)20(2)18-24(30)26-14-16-28(32-26)34(8,9)10;;;;;/h13-16,19-24,29-30H,17-18H2,1-12H3;2*1H3;2*1H;/q;2*-1;;;+4/p-2. The predicted molar refractivity (Wildman–Crippen MR) is 184 cm³/mol. The van der Waals surface area contributed by atoms with E-state index in [0.29, 0.717) is 11.8 Å². The molecule has 8 unspecified atom stereocenters. The van der Waals surface area contributed by atoms with Crippen LogP contribution in [0, 0.1) is 38.5 Å². The summed E-state index contributed by atoms with van der Waals surface area (Å²) in [5.74, 6) is 6.74. The van der Waals surface area contributed by atoms with E-state index in [1.807, 2.05) is 0 Å². The molecule has 228 valence electrons. The van der Waals surface area contributed by atoms with Gasteiger partial charge in [-0.2, -0.15) is 0 Å². The van der Waals surface area contributed by atoms with Crippen molar-refractivity contribution in [3.05, 3.63) is 50.6 Å². The fraction of sp³-hybridized carbons (Fsp3) is 0.688. The van der Waals surface area contributed by atoms with Crippen LogP contribution >= 0.6 is 17.0 Å². The first-order chi connectivity index (χ1) is 17.4. The summed E-state index contributed by atoms with van der Waals surface area (Å²) >= 11 is -0.826. The van der Waals surface area contributed by atoms with Crippen LogP contribution in [0.2, 0.25) is 63.5 Å². The first-order valence-corrected chi connectivity index (χ1v) is 31.1. The SMILES string of the molecule is CC1CC(c2ccc([Si](C)(C)C)o2)C([Si](C)(C)C2C(c3ccc([Si](C)(C)C)o3)CC(C)C2C)C1C.[CH3-].[CH3-].[Cl][Zr+2][Cl]. The van der Waals surface area contributed by atoms with Gasteiger partial charge in [0.25, 0.3) is 0 Å². The van der Waals surface area contributed by atoms with Crippen molar-refractivity contribution in [2.24, 2.45) is 23.7 Å². The van der Waals surface area contributed by atoms with Crippen LogP contribution in [0.3, 0.4) is 0 Å². The molecular weight excluding hydrogens is 663 g/mol. The molecule has 2 fully saturated rings. The summed E-state index contributed by atoms with van der Waals surface area (Å²) in [5.41, 5.74) is 1.51. The molecule has 0 aliphatic heterocycles. The maximum atomic E-state index is 6.69. The van der Waals surface area contributed by atoms with Crippen molar-refractivity contribution in [2.75, 3.05) is 0 Å². The van der Waals surface area contributed by atoms with Crippen LogP contribution in [0.25, 0.3) is 0 Å². The minimum atomic E-state index is -1.71. The summed E-state index contributed by atoms with van der Waals surface area (Å²) in [6.07, 6.45) is 2.56. The van der Waals surface area contributed by atoms with Gasteiger partial charge in [0.15, 0.2) is 0 Å². The fourth-order valence-electron chi connectivity index (χ4n) is 8.08. The van der Waals surface area contributed by atoms with Crippen LogP contribution in [0.1, 0.15) is 63.9 Å². The van der Waals surface area contributed by atoms with Crippen molar-refractivity contribution in [1.29, 1.82) is 0 Å². The molecular formula is C32H58Cl2O2Si3Zr. The zero-order valence-corrected chi connectivity index (χ0v) is 34.9. The van der Waals surface area contributed by atoms with Crippen molar-refractivity contribution >= 4 is 52.0 Å². The van der Waals surface area contributed by atoms with Crippen molar-refractivity contribution in [1.82, 2.24) is 0 Å². The monoisotopic (exact) mass is 718 g/mol. The van der Waals surface area contributed by atoms with Gasteiger partial charge >= 0.3 is 37.9 Å². The molecule has 2 aliphatic carbocycles. The summed E-state index contributed by atoms with van der Waals surface area (Å²) in [4.78, 5) is 0. The first kappa shape index (κ1) is 38.7. The molecule has 0 spiro atoms. The van der Waals surface area contributed by atoms with Crippen LogP contribution in [-0.4, -0.2) is 24.2 Å². The second-order valence-electron chi connectivity index (χ2n) is 15.2. The molecule has 8 atom stereocenters. The molecule has 0 amide bonds. The van der Waals surface area contributed by atoms with Gasteiger partial charge in [-0.25, -0.2) is 0 Å². The molecule has 8 heteroatoms. The molecule has 0 radical (unpaired) electrons. The Balaban J connectivity index is 0.00000153. The third-order valence-corrected chi connectivity index (χ3v) is 19.0. The number of furan rings is 2. The second kappa shape index (κ2) is 14.6. The molecule has 2 aliphatic rings. The van der Waals surface area contributed by atoms with E-state index in [0.717, 1.165) is 34.8 Å². The van der Waals surface area contributed by atoms with Crippen molar-refractivity contribution < 1.29 is 29.7 Å². The van der Waals surface area contributed by atoms with Gasteiger partial charge in [0, 0.05) is 11.8 Å². The van der Waals surface area contributed by atoms with Crippen molar-refractivity contribution in [2.45, 2.75) is 116 Å². The molecule has 0 saturated heterocycles. The van der Waals surface area contributed by atoms with Crippen LogP contribution in [0.4, 0.5) is 0 Å². The van der Waals surface area contributed by atoms with E-state index in [1.54, 1.807) is 0 Å². The summed E-state index contributed by atoms with van der Waals surface area (Å²) in [5, 5.41) is 2.54. The number of hydrogen-bond acceptors (Lipinski definition) is 2. The summed E-state index contributed by atoms with van der Waals surface area (Å²) in [6.45, 7) is 30.0. The zero-order chi connectivity index (χ0) is 28.8. The molecule has 0 aromatic carbocycles. The average molecular weight is 721 g/mol. The van der Waals surface area contributed by atoms with E-state index in [2.05, 4.69) is 104 Å². The normalized spacial score (nSPS) is 30.6. The molecule has 2 nitrogen and oxygen atoms in total. The fourth-order valence-corrected chi connectivity index (χ4v) is 16.6. The molecule has 0 bridgehead atoms. The number of hydrogen-bond donors (Lipinski definition) is 0. The Hall–Kier alpha value is 0.674. The van der Waals surface area contributed by atoms with Gasteiger partial charge in [-0.05, 0) is 71.9 Å². The van der Waals surface area contributed by atoms with E-state index in [1.165, 1.54) is 35.1 Å². The average Bonchev–Trinajstić information content (AvgIpc) is 3.55. The molecule has 2 saturated carbocycles. The molecule has 0 N–H and O–H groups in total. The van der Waals surface area contributed by atoms with Crippen LogP contribution in [0.15, 0.2) is 33.1 Å². The third kappa shape index (κ3) is 8.03. The van der Waals surface area contributed by atoms with E-state index in [4.69, 9.17) is 25.9 Å². The number of rotatable bonds is 6. The van der Waals surface area contributed by atoms with Gasteiger partial charge < -0.3 is 23.7 Å². The minimum absolute atomic E-state index is 0. The summed E-state index contributed by atoms with van der Waals surface area (Å²) in [6, 6.07) is 9.33. The number of halogens is 2. The molecule has 4 rings (SSSR count). The van der Waals surface area contributed by atoms with Gasteiger partial charge in [0.1, 0.15) is 27.7 Å². The Morgan fingerprint density at radius 1 is 0.625 bits per heavy atom. The Bertz CT molecular complexity index is 975. The quantitative estimate of drug-likeness (QED) is 0.219. The molecule has 2 heterocycles. The Kier molecular flexibility index (Phi) is 14.2. The van der Waals surface area contributed by atoms with Gasteiger partial charge in [-0.15, -0.1) is 0 Å². The van der Waals surface area contributed by atoms with Crippen LogP contribution < -0.4 is 10.8 Å². The molecule has 2 aromatic heterocycles. The predicted octanol–water partition coefficient (Wildman–Crippen LogP) is 10.9. The van der Waals surface area contributed by atoms with Gasteiger partial charge in [0.05, 0.1) is 18.8 Å². The van der Waals surface area contributed by atoms with Crippen LogP contribution in [0.5, 0.6) is 0 Å². The van der Waals surface area contributed by atoms with E-state index >= 15 is 0 Å². The Morgan fingerprint density at radius 3 is 1.18 bits per heavy atom. The van der Waals surface area contributed by atoms with Gasteiger partial charge in [-0.3, -0.25) is 0 Å². The van der Waals surface area contributed by atoms with Gasteiger partial charge in [0.2, 0.25) is 0 Å². The maximum absolute atomic E-state index is 6.69. The van der Waals surface area contributed by atoms with Crippen LogP contribution in [-0.2, 0) is 20.8 Å². The first-order valence-electron chi connectivity index (χ1n) is 14.6. The van der Waals surface area contributed by atoms with E-state index in [-0.39, 0.29) is 14.9 Å². The van der Waals surface area contributed by atoms with E-state index < -0.39 is 45.1 Å². The molecule has 2 aromatic rings. The summed E-state index contributed by atoms with van der Waals surface area (Å²) in [7, 11) is 5.27. The molecule has 40 heavy (non-hydrogen) atoms. The Morgan fingerprint density at radius 2 is 0.925 bits per heavy atom. The zero-order valence-electron chi connectivity index (χ0n) is 27.9. The third-order valence-electron chi connectivity index (χ3n) is 10.2. The Labute approximate surface area is 269 Å². The van der Waals surface area contributed by atoms with Crippen molar-refractivity contribution in [3.8, 4) is 0 Å².